The van der Waals surface area contributed by atoms with Gasteiger partial charge in [-0.1, -0.05) is 6.07 Å². The van der Waals surface area contributed by atoms with Crippen molar-refractivity contribution in [3.8, 4) is 17.6 Å². The number of nitro groups is 1. The summed E-state index contributed by atoms with van der Waals surface area (Å²) in [6.07, 6.45) is 0. The summed E-state index contributed by atoms with van der Waals surface area (Å²) >= 11 is 6.49. The van der Waals surface area contributed by atoms with Gasteiger partial charge in [0.05, 0.1) is 19.4 Å². The minimum atomic E-state index is -0.493. The Kier molecular flexibility index (Phi) is 4.60. The summed E-state index contributed by atoms with van der Waals surface area (Å²) < 4.78 is 6.59. The molecular formula is C14H8Br2N2O3. The number of rotatable bonds is 3. The van der Waals surface area contributed by atoms with Crippen molar-refractivity contribution in [3.05, 3.63) is 60.5 Å². The summed E-state index contributed by atoms with van der Waals surface area (Å²) in [6.45, 7) is 1.88. The van der Waals surface area contributed by atoms with Gasteiger partial charge in [-0.05, 0) is 56.5 Å². The molecule has 0 fully saturated rings. The van der Waals surface area contributed by atoms with Gasteiger partial charge in [-0.2, -0.15) is 5.26 Å². The van der Waals surface area contributed by atoms with Crippen LogP contribution in [0.4, 0.5) is 5.69 Å². The highest BCUT2D eigenvalue weighted by Crippen LogP contribution is 2.40. The molecule has 0 radical (unpaired) electrons. The molecule has 0 amide bonds. The maximum absolute atomic E-state index is 10.8. The number of hydrogen-bond acceptors (Lipinski definition) is 4. The van der Waals surface area contributed by atoms with Crippen LogP contribution in [0.2, 0.25) is 0 Å². The summed E-state index contributed by atoms with van der Waals surface area (Å²) in [4.78, 5) is 10.3. The van der Waals surface area contributed by atoms with Gasteiger partial charge in [0.15, 0.2) is 5.75 Å². The van der Waals surface area contributed by atoms with Gasteiger partial charge >= 0.3 is 0 Å². The number of aryl methyl sites for hydroxylation is 1. The van der Waals surface area contributed by atoms with Gasteiger partial charge in [0.2, 0.25) is 0 Å². The van der Waals surface area contributed by atoms with E-state index in [1.54, 1.807) is 12.1 Å². The van der Waals surface area contributed by atoms with Crippen LogP contribution in [0.3, 0.4) is 0 Å². The van der Waals surface area contributed by atoms with Crippen LogP contribution in [-0.4, -0.2) is 4.92 Å². The van der Waals surface area contributed by atoms with Crippen LogP contribution in [0.1, 0.15) is 11.1 Å². The van der Waals surface area contributed by atoms with Gasteiger partial charge in [0, 0.05) is 12.1 Å². The van der Waals surface area contributed by atoms with Crippen LogP contribution >= 0.6 is 31.9 Å². The van der Waals surface area contributed by atoms with Crippen LogP contribution in [0.25, 0.3) is 0 Å². The third-order valence-corrected chi connectivity index (χ3v) is 3.84. The monoisotopic (exact) mass is 410 g/mol. The summed E-state index contributed by atoms with van der Waals surface area (Å²) in [5.74, 6) is 0.774. The zero-order valence-electron chi connectivity index (χ0n) is 10.8. The molecule has 0 heterocycles. The lowest BCUT2D eigenvalue weighted by atomic mass is 10.1. The Morgan fingerprint density at radius 1 is 1.24 bits per heavy atom. The lowest BCUT2D eigenvalue weighted by molar-refractivity contribution is -0.385. The zero-order valence-corrected chi connectivity index (χ0v) is 13.9. The topological polar surface area (TPSA) is 76.2 Å². The molecule has 21 heavy (non-hydrogen) atoms. The fourth-order valence-electron chi connectivity index (χ4n) is 1.67. The Bertz CT molecular complexity index is 746. The fraction of sp³-hybridized carbons (Fsp3) is 0.0714. The number of nitrogens with zero attached hydrogens (tertiary/aromatic N) is 2. The molecule has 0 aliphatic carbocycles. The highest BCUT2D eigenvalue weighted by molar-refractivity contribution is 9.11. The van der Waals surface area contributed by atoms with Gasteiger partial charge in [-0.15, -0.1) is 0 Å². The van der Waals surface area contributed by atoms with Crippen molar-refractivity contribution in [2.75, 3.05) is 0 Å². The Labute approximate surface area is 137 Å². The molecule has 7 heteroatoms. The summed E-state index contributed by atoms with van der Waals surface area (Å²) in [5, 5.41) is 19.9. The first-order valence-corrected chi connectivity index (χ1v) is 7.33. The number of benzene rings is 2. The molecule has 0 saturated heterocycles. The van der Waals surface area contributed by atoms with Crippen LogP contribution in [0.15, 0.2) is 39.3 Å². The lowest BCUT2D eigenvalue weighted by Crippen LogP contribution is -1.94. The minimum absolute atomic E-state index is 0.0640. The number of ether oxygens (including phenoxy) is 1. The molecule has 2 aromatic rings. The predicted molar refractivity (Wildman–Crippen MR) is 84.5 cm³/mol. The Balaban J connectivity index is 2.48. The second kappa shape index (κ2) is 6.24. The maximum Gasteiger partial charge on any atom is 0.271 e. The third-order valence-electron chi connectivity index (χ3n) is 2.66. The average Bonchev–Trinajstić information content (AvgIpc) is 2.42. The van der Waals surface area contributed by atoms with Gasteiger partial charge in [-0.3, -0.25) is 10.1 Å². The van der Waals surface area contributed by atoms with Crippen molar-refractivity contribution >= 4 is 37.5 Å². The number of nitriles is 1. The highest BCUT2D eigenvalue weighted by atomic mass is 79.9. The quantitative estimate of drug-likeness (QED) is 0.520. The van der Waals surface area contributed by atoms with Crippen molar-refractivity contribution in [2.24, 2.45) is 0 Å². The van der Waals surface area contributed by atoms with Crippen molar-refractivity contribution < 1.29 is 9.66 Å². The molecular weight excluding hydrogens is 404 g/mol. The molecule has 0 atom stereocenters. The number of halogens is 2. The van der Waals surface area contributed by atoms with E-state index in [4.69, 9.17) is 10.00 Å². The van der Waals surface area contributed by atoms with Crippen LogP contribution in [0.5, 0.6) is 11.5 Å². The molecule has 0 saturated carbocycles. The highest BCUT2D eigenvalue weighted by Gasteiger charge is 2.17. The van der Waals surface area contributed by atoms with Crippen molar-refractivity contribution in [1.29, 1.82) is 5.26 Å². The normalized spacial score (nSPS) is 10.0. The van der Waals surface area contributed by atoms with E-state index in [2.05, 4.69) is 31.9 Å². The standard InChI is InChI=1S/C14H8Br2N2O3/c1-8-2-3-9(7-17)13(4-8)21-14-11(15)5-10(18(19)20)6-12(14)16/h2-6H,1H3. The molecule has 2 aromatic carbocycles. The van der Waals surface area contributed by atoms with E-state index in [0.717, 1.165) is 5.56 Å². The largest absolute Gasteiger partial charge is 0.454 e. The summed E-state index contributed by atoms with van der Waals surface area (Å²) in [6, 6.07) is 9.96. The molecule has 2 rings (SSSR count). The minimum Gasteiger partial charge on any atom is -0.454 e. The van der Waals surface area contributed by atoms with Gasteiger partial charge < -0.3 is 4.74 Å². The van der Waals surface area contributed by atoms with E-state index in [0.29, 0.717) is 26.0 Å². The van der Waals surface area contributed by atoms with E-state index >= 15 is 0 Å². The maximum atomic E-state index is 10.8. The van der Waals surface area contributed by atoms with E-state index < -0.39 is 4.92 Å². The Hall–Kier alpha value is -1.91. The van der Waals surface area contributed by atoms with E-state index in [1.165, 1.54) is 12.1 Å². The molecule has 0 spiro atoms. The molecule has 0 N–H and O–H groups in total. The molecule has 0 aromatic heterocycles. The fourth-order valence-corrected chi connectivity index (χ4v) is 2.99. The third kappa shape index (κ3) is 3.40. The second-order valence-electron chi connectivity index (χ2n) is 4.21. The molecule has 0 aliphatic rings. The number of non-ortho nitro benzene ring substituents is 1. The van der Waals surface area contributed by atoms with E-state index in [9.17, 15) is 10.1 Å². The number of nitro benzene ring substituents is 1. The molecule has 106 valence electrons. The van der Waals surface area contributed by atoms with Crippen LogP contribution in [-0.2, 0) is 0 Å². The summed E-state index contributed by atoms with van der Waals surface area (Å²) in [5.41, 5.74) is 1.27. The van der Waals surface area contributed by atoms with Crippen molar-refractivity contribution in [2.45, 2.75) is 6.92 Å². The lowest BCUT2D eigenvalue weighted by Gasteiger charge is -2.11. The average molecular weight is 412 g/mol. The van der Waals surface area contributed by atoms with Gasteiger partial charge in [0.25, 0.3) is 5.69 Å². The van der Waals surface area contributed by atoms with Crippen molar-refractivity contribution in [1.82, 2.24) is 0 Å². The molecule has 0 aliphatic heterocycles. The SMILES string of the molecule is Cc1ccc(C#N)c(Oc2c(Br)cc([N+](=O)[O-])cc2Br)c1. The first-order valence-electron chi connectivity index (χ1n) is 5.74. The van der Waals surface area contributed by atoms with E-state index in [1.807, 2.05) is 19.1 Å². The molecule has 0 unspecified atom stereocenters. The van der Waals surface area contributed by atoms with Gasteiger partial charge in [0.1, 0.15) is 11.8 Å². The van der Waals surface area contributed by atoms with Crippen LogP contribution in [0, 0.1) is 28.4 Å². The predicted octanol–water partition coefficient (Wildman–Crippen LogP) is 5.09. The van der Waals surface area contributed by atoms with E-state index in [-0.39, 0.29) is 5.69 Å². The van der Waals surface area contributed by atoms with Crippen molar-refractivity contribution in [3.63, 3.8) is 0 Å². The zero-order chi connectivity index (χ0) is 15.6. The first kappa shape index (κ1) is 15.5. The van der Waals surface area contributed by atoms with Gasteiger partial charge in [-0.25, -0.2) is 0 Å². The first-order chi connectivity index (χ1) is 9.92. The Morgan fingerprint density at radius 3 is 2.38 bits per heavy atom. The summed E-state index contributed by atoms with van der Waals surface area (Å²) in [7, 11) is 0. The molecule has 0 bridgehead atoms. The Morgan fingerprint density at radius 2 is 1.86 bits per heavy atom. The van der Waals surface area contributed by atoms with Crippen LogP contribution < -0.4 is 4.74 Å². The molecule has 5 nitrogen and oxygen atoms in total. The number of hydrogen-bond donors (Lipinski definition) is 0. The smallest absolute Gasteiger partial charge is 0.271 e. The second-order valence-corrected chi connectivity index (χ2v) is 5.92.